The molecule has 2 atom stereocenters. The molecule has 1 aliphatic rings. The minimum Gasteiger partial charge on any atom is -0.406 e. The third-order valence-electron chi connectivity index (χ3n) is 6.35. The maximum absolute atomic E-state index is 12.9. The van der Waals surface area contributed by atoms with Gasteiger partial charge in [0.2, 0.25) is 5.91 Å². The molecule has 0 spiro atoms. The first-order chi connectivity index (χ1) is 18.2. The first-order valence-corrected chi connectivity index (χ1v) is 11.9. The smallest absolute Gasteiger partial charge is 0.406 e. The molecule has 38 heavy (non-hydrogen) atoms. The van der Waals surface area contributed by atoms with Gasteiger partial charge in [-0.2, -0.15) is 0 Å². The lowest BCUT2D eigenvalue weighted by molar-refractivity contribution is -0.274. The molecule has 1 aliphatic heterocycles. The summed E-state index contributed by atoms with van der Waals surface area (Å²) < 4.78 is 42.9. The molecule has 1 aromatic heterocycles. The molecule has 0 bridgehead atoms. The van der Waals surface area contributed by atoms with E-state index in [2.05, 4.69) is 20.7 Å². The molecule has 196 valence electrons. The minimum absolute atomic E-state index is 0.154. The number of rotatable bonds is 6. The highest BCUT2D eigenvalue weighted by Gasteiger charge is 2.32. The number of fused-ring (bicyclic) bond motifs is 1. The third-order valence-corrected chi connectivity index (χ3v) is 6.35. The van der Waals surface area contributed by atoms with Crippen LogP contribution < -0.4 is 26.4 Å². The van der Waals surface area contributed by atoms with Gasteiger partial charge in [0, 0.05) is 35.1 Å². The standard InChI is InChI=1S/C27H24F3N5O3/c28-27(29,30)38-17-7-5-6-16(14-17)32-25(36)22-13-12-21(33-22)18-8-1-3-10-20(18)34-23-15-35(26(31)37)24-11-4-2-9-19(23)24/h1-11,14-15,21-22,33-34H,12-13H2,(H2,31,37)(H,32,36)/t21-,22?/m1/s1. The number of benzene rings is 3. The Morgan fingerprint density at radius 1 is 0.974 bits per heavy atom. The van der Waals surface area contributed by atoms with Crippen LogP contribution in [0.5, 0.6) is 5.75 Å². The highest BCUT2D eigenvalue weighted by molar-refractivity contribution is 6.00. The molecule has 1 fully saturated rings. The summed E-state index contributed by atoms with van der Waals surface area (Å²) in [5, 5.41) is 10.2. The molecule has 5 N–H and O–H groups in total. The zero-order chi connectivity index (χ0) is 26.9. The zero-order valence-corrected chi connectivity index (χ0v) is 20.0. The number of carbonyl (C=O) groups excluding carboxylic acids is 2. The summed E-state index contributed by atoms with van der Waals surface area (Å²) in [6, 6.07) is 18.9. The molecule has 11 heteroatoms. The molecule has 3 aromatic carbocycles. The molecule has 8 nitrogen and oxygen atoms in total. The molecular formula is C27H24F3N5O3. The number of carbonyl (C=O) groups is 2. The number of alkyl halides is 3. The highest BCUT2D eigenvalue weighted by atomic mass is 19.4. The van der Waals surface area contributed by atoms with Crippen LogP contribution in [0, 0.1) is 0 Å². The van der Waals surface area contributed by atoms with Crippen molar-refractivity contribution in [2.75, 3.05) is 10.6 Å². The van der Waals surface area contributed by atoms with Crippen molar-refractivity contribution < 1.29 is 27.5 Å². The number of para-hydroxylation sites is 2. The molecule has 0 saturated carbocycles. The van der Waals surface area contributed by atoms with Crippen molar-refractivity contribution in [3.63, 3.8) is 0 Å². The predicted octanol–water partition coefficient (Wildman–Crippen LogP) is 5.64. The molecular weight excluding hydrogens is 499 g/mol. The monoisotopic (exact) mass is 523 g/mol. The van der Waals surface area contributed by atoms with Crippen LogP contribution in [0.2, 0.25) is 0 Å². The predicted molar refractivity (Wildman–Crippen MR) is 137 cm³/mol. The number of hydrogen-bond acceptors (Lipinski definition) is 5. The van der Waals surface area contributed by atoms with E-state index in [1.54, 1.807) is 6.20 Å². The van der Waals surface area contributed by atoms with Gasteiger partial charge in [0.1, 0.15) is 5.75 Å². The van der Waals surface area contributed by atoms with Crippen LogP contribution in [-0.2, 0) is 4.79 Å². The molecule has 1 unspecified atom stereocenters. The number of nitrogens with two attached hydrogens (primary N) is 1. The molecule has 2 heterocycles. The Labute approximate surface area is 215 Å². The van der Waals surface area contributed by atoms with E-state index in [4.69, 9.17) is 5.73 Å². The van der Waals surface area contributed by atoms with Crippen molar-refractivity contribution in [1.82, 2.24) is 9.88 Å². The van der Waals surface area contributed by atoms with Gasteiger partial charge < -0.3 is 21.1 Å². The lowest BCUT2D eigenvalue weighted by Crippen LogP contribution is -2.36. The van der Waals surface area contributed by atoms with E-state index < -0.39 is 24.2 Å². The van der Waals surface area contributed by atoms with Crippen molar-refractivity contribution in [3.05, 3.63) is 84.6 Å². The van der Waals surface area contributed by atoms with Gasteiger partial charge in [-0.25, -0.2) is 4.79 Å². The van der Waals surface area contributed by atoms with E-state index in [9.17, 15) is 22.8 Å². The second kappa shape index (κ2) is 10.1. The van der Waals surface area contributed by atoms with Crippen LogP contribution in [0.3, 0.4) is 0 Å². The van der Waals surface area contributed by atoms with Gasteiger partial charge in [0.15, 0.2) is 0 Å². The van der Waals surface area contributed by atoms with Crippen LogP contribution in [0.25, 0.3) is 10.9 Å². The highest BCUT2D eigenvalue weighted by Crippen LogP contribution is 2.35. The van der Waals surface area contributed by atoms with Gasteiger partial charge >= 0.3 is 12.4 Å². The van der Waals surface area contributed by atoms with Crippen LogP contribution in [0.4, 0.5) is 35.0 Å². The number of primary amides is 1. The zero-order valence-electron chi connectivity index (χ0n) is 20.0. The Kier molecular flexibility index (Phi) is 6.68. The molecule has 1 saturated heterocycles. The number of nitrogens with one attached hydrogen (secondary N) is 3. The van der Waals surface area contributed by atoms with Crippen LogP contribution in [0.15, 0.2) is 79.0 Å². The normalized spacial score (nSPS) is 17.3. The minimum atomic E-state index is -4.82. The van der Waals surface area contributed by atoms with Gasteiger partial charge in [-0.1, -0.05) is 42.5 Å². The fourth-order valence-corrected chi connectivity index (χ4v) is 4.72. The summed E-state index contributed by atoms with van der Waals surface area (Å²) in [6.45, 7) is 0. The number of nitrogens with zero attached hydrogens (tertiary/aromatic N) is 1. The average molecular weight is 524 g/mol. The molecule has 0 radical (unpaired) electrons. The quantitative estimate of drug-likeness (QED) is 0.261. The van der Waals surface area contributed by atoms with Crippen LogP contribution >= 0.6 is 0 Å². The summed E-state index contributed by atoms with van der Waals surface area (Å²) in [4.78, 5) is 24.8. The molecule has 4 aromatic rings. The molecule has 0 aliphatic carbocycles. The summed E-state index contributed by atoms with van der Waals surface area (Å²) in [7, 11) is 0. The van der Waals surface area contributed by atoms with E-state index in [1.807, 2.05) is 48.5 Å². The topological polar surface area (TPSA) is 110 Å². The maximum atomic E-state index is 12.9. The fourth-order valence-electron chi connectivity index (χ4n) is 4.72. The van der Waals surface area contributed by atoms with Gasteiger partial charge in [0.25, 0.3) is 0 Å². The number of amides is 2. The Hall–Kier alpha value is -4.51. The molecule has 2 amide bonds. The van der Waals surface area contributed by atoms with Gasteiger partial charge in [-0.05, 0) is 42.7 Å². The number of aromatic nitrogens is 1. The van der Waals surface area contributed by atoms with Crippen molar-refractivity contribution in [2.24, 2.45) is 5.73 Å². The second-order valence-corrected chi connectivity index (χ2v) is 8.89. The van der Waals surface area contributed by atoms with Crippen LogP contribution in [0.1, 0.15) is 24.4 Å². The largest absolute Gasteiger partial charge is 0.573 e. The lowest BCUT2D eigenvalue weighted by atomic mass is 10.0. The Bertz CT molecular complexity index is 1500. The summed E-state index contributed by atoms with van der Waals surface area (Å²) >= 11 is 0. The summed E-state index contributed by atoms with van der Waals surface area (Å²) in [5.41, 5.74) is 8.87. The first kappa shape index (κ1) is 25.2. The second-order valence-electron chi connectivity index (χ2n) is 8.89. The summed E-state index contributed by atoms with van der Waals surface area (Å²) in [5.74, 6) is -0.767. The van der Waals surface area contributed by atoms with Gasteiger partial charge in [0.05, 0.1) is 17.2 Å². The molecule has 5 rings (SSSR count). The summed E-state index contributed by atoms with van der Waals surface area (Å²) in [6.07, 6.45) is -1.97. The number of halogens is 3. The number of anilines is 3. The van der Waals surface area contributed by atoms with E-state index in [-0.39, 0.29) is 17.6 Å². The number of hydrogen-bond donors (Lipinski definition) is 4. The van der Waals surface area contributed by atoms with Gasteiger partial charge in [-0.3, -0.25) is 14.7 Å². The number of ether oxygens (including phenoxy) is 1. The third kappa shape index (κ3) is 5.42. The Morgan fingerprint density at radius 3 is 2.53 bits per heavy atom. The van der Waals surface area contributed by atoms with Crippen LogP contribution in [-0.4, -0.2) is 28.9 Å². The Morgan fingerprint density at radius 2 is 1.74 bits per heavy atom. The Balaban J connectivity index is 1.31. The van der Waals surface area contributed by atoms with E-state index in [0.717, 1.165) is 28.8 Å². The fraction of sp³-hybridized carbons (Fsp3) is 0.185. The SMILES string of the molecule is NC(=O)n1cc(Nc2ccccc2[C@H]2CCC(C(=O)Nc3cccc(OC(F)(F)F)c3)N2)c2ccccc21. The van der Waals surface area contributed by atoms with E-state index >= 15 is 0 Å². The van der Waals surface area contributed by atoms with E-state index in [0.29, 0.717) is 24.0 Å². The van der Waals surface area contributed by atoms with Crippen molar-refractivity contribution in [1.29, 1.82) is 0 Å². The van der Waals surface area contributed by atoms with Crippen molar-refractivity contribution in [3.8, 4) is 5.75 Å². The maximum Gasteiger partial charge on any atom is 0.573 e. The average Bonchev–Trinajstić information content (AvgIpc) is 3.50. The van der Waals surface area contributed by atoms with Gasteiger partial charge in [-0.15, -0.1) is 13.2 Å². The van der Waals surface area contributed by atoms with E-state index in [1.165, 1.54) is 16.7 Å². The van der Waals surface area contributed by atoms with Crippen molar-refractivity contribution in [2.45, 2.75) is 31.3 Å². The first-order valence-electron chi connectivity index (χ1n) is 11.9. The lowest BCUT2D eigenvalue weighted by Gasteiger charge is -2.19. The van der Waals surface area contributed by atoms with Crippen molar-refractivity contribution >= 4 is 39.9 Å².